The fraction of sp³-hybridized carbons (Fsp3) is 0.500. The molecule has 2 aliphatic carbocycles. The first kappa shape index (κ1) is 17.7. The van der Waals surface area contributed by atoms with Crippen LogP contribution in [-0.2, 0) is 0 Å². The molecule has 0 amide bonds. The molecule has 2 atom stereocenters. The van der Waals surface area contributed by atoms with E-state index >= 15 is 0 Å². The molecule has 0 spiro atoms. The second kappa shape index (κ2) is 6.48. The minimum absolute atomic E-state index is 0.00358. The van der Waals surface area contributed by atoms with Crippen LogP contribution in [0.3, 0.4) is 0 Å². The van der Waals surface area contributed by atoms with Gasteiger partial charge in [0.2, 0.25) is 0 Å². The minimum Gasteiger partial charge on any atom is -0.206 e. The van der Waals surface area contributed by atoms with E-state index in [0.717, 1.165) is 65.5 Å². The summed E-state index contributed by atoms with van der Waals surface area (Å²) >= 11 is 0. The van der Waals surface area contributed by atoms with Crippen molar-refractivity contribution in [2.24, 2.45) is 0 Å². The summed E-state index contributed by atoms with van der Waals surface area (Å²) < 4.78 is 29.4. The van der Waals surface area contributed by atoms with Gasteiger partial charge in [0.15, 0.2) is 0 Å². The third-order valence-corrected chi connectivity index (χ3v) is 6.65. The topological polar surface area (TPSA) is 0 Å². The van der Waals surface area contributed by atoms with Crippen LogP contribution < -0.4 is 0 Å². The summed E-state index contributed by atoms with van der Waals surface area (Å²) in [6.45, 7) is 7.85. The van der Waals surface area contributed by atoms with Crippen molar-refractivity contribution < 1.29 is 8.78 Å². The van der Waals surface area contributed by atoms with Crippen molar-refractivity contribution in [1.82, 2.24) is 0 Å². The molecule has 138 valence electrons. The number of aryl methyl sites for hydroxylation is 3. The lowest BCUT2D eigenvalue weighted by Gasteiger charge is -2.20. The molecule has 2 aliphatic rings. The van der Waals surface area contributed by atoms with Gasteiger partial charge in [-0.2, -0.15) is 0 Å². The highest BCUT2D eigenvalue weighted by Gasteiger charge is 2.34. The molecule has 4 rings (SSSR count). The lowest BCUT2D eigenvalue weighted by molar-refractivity contribution is 0.565. The highest BCUT2D eigenvalue weighted by molar-refractivity contribution is 5.46. The van der Waals surface area contributed by atoms with E-state index in [2.05, 4.69) is 13.0 Å². The smallest absolute Gasteiger partial charge is 0.129 e. The Kier molecular flexibility index (Phi) is 4.41. The first-order chi connectivity index (χ1) is 12.4. The lowest BCUT2D eigenvalue weighted by Crippen LogP contribution is -2.06. The van der Waals surface area contributed by atoms with Gasteiger partial charge in [0.1, 0.15) is 11.6 Å². The summed E-state index contributed by atoms with van der Waals surface area (Å²) in [4.78, 5) is 0. The average molecular weight is 354 g/mol. The third kappa shape index (κ3) is 2.88. The molecule has 26 heavy (non-hydrogen) atoms. The summed E-state index contributed by atoms with van der Waals surface area (Å²) in [5.41, 5.74) is 6.90. The molecule has 0 radical (unpaired) electrons. The summed E-state index contributed by atoms with van der Waals surface area (Å²) in [5, 5.41) is 0. The average Bonchev–Trinajstić information content (AvgIpc) is 3.32. The molecule has 0 bridgehead atoms. The van der Waals surface area contributed by atoms with E-state index in [9.17, 15) is 8.78 Å². The molecule has 2 saturated carbocycles. The van der Waals surface area contributed by atoms with Crippen molar-refractivity contribution in [2.75, 3.05) is 0 Å². The van der Waals surface area contributed by atoms with Gasteiger partial charge in [-0.25, -0.2) is 8.78 Å². The van der Waals surface area contributed by atoms with Gasteiger partial charge in [-0.3, -0.25) is 0 Å². The van der Waals surface area contributed by atoms with Crippen LogP contribution in [-0.4, -0.2) is 0 Å². The van der Waals surface area contributed by atoms with E-state index in [-0.39, 0.29) is 17.6 Å². The maximum absolute atomic E-state index is 14.8. The Labute approximate surface area is 155 Å². The van der Waals surface area contributed by atoms with Crippen molar-refractivity contribution in [2.45, 2.75) is 77.6 Å². The second-order valence-corrected chi connectivity index (χ2v) is 8.54. The van der Waals surface area contributed by atoms with Crippen molar-refractivity contribution in [1.29, 1.82) is 0 Å². The predicted molar refractivity (Wildman–Crippen MR) is 103 cm³/mol. The van der Waals surface area contributed by atoms with Gasteiger partial charge >= 0.3 is 0 Å². The quantitative estimate of drug-likeness (QED) is 0.550. The molecule has 2 heteroatoms. The Morgan fingerprint density at radius 2 is 1.27 bits per heavy atom. The molecule has 0 aliphatic heterocycles. The normalized spacial score (nSPS) is 22.8. The molecule has 0 heterocycles. The van der Waals surface area contributed by atoms with Gasteiger partial charge in [-0.1, -0.05) is 18.2 Å². The van der Waals surface area contributed by atoms with Crippen LogP contribution in [0.25, 0.3) is 0 Å². The van der Waals surface area contributed by atoms with Crippen molar-refractivity contribution in [3.8, 4) is 0 Å². The summed E-state index contributed by atoms with van der Waals surface area (Å²) in [5.74, 6) is 1.08. The summed E-state index contributed by atoms with van der Waals surface area (Å²) in [6.07, 6.45) is 5.27. The highest BCUT2D eigenvalue weighted by Crippen LogP contribution is 2.49. The van der Waals surface area contributed by atoms with E-state index in [1.165, 1.54) is 5.56 Å². The van der Waals surface area contributed by atoms with E-state index in [0.29, 0.717) is 11.8 Å². The number of benzene rings is 2. The fourth-order valence-corrected chi connectivity index (χ4v) is 5.04. The number of halogens is 2. The molecular weight excluding hydrogens is 326 g/mol. The van der Waals surface area contributed by atoms with Gasteiger partial charge in [0, 0.05) is 0 Å². The van der Waals surface area contributed by atoms with Gasteiger partial charge < -0.3 is 0 Å². The van der Waals surface area contributed by atoms with Gasteiger partial charge in [-0.05, 0) is 116 Å². The minimum atomic E-state index is -0.0265. The zero-order chi connectivity index (χ0) is 18.6. The molecule has 0 N–H and O–H groups in total. The molecule has 2 aromatic rings. The number of rotatable bonds is 3. The molecule has 0 nitrogen and oxygen atoms in total. The SMILES string of the molecule is Cc1ccc(C)c(C2CCC(c3cc(C)c(F)c(C4CC4)c3C)C2)c1F. The first-order valence-corrected chi connectivity index (χ1v) is 9.93. The molecule has 2 unspecified atom stereocenters. The Bertz CT molecular complexity index is 861. The van der Waals surface area contributed by atoms with Crippen LogP contribution in [0, 0.1) is 39.3 Å². The molecule has 2 aromatic carbocycles. The van der Waals surface area contributed by atoms with Crippen LogP contribution in [0.2, 0.25) is 0 Å². The Balaban J connectivity index is 1.67. The van der Waals surface area contributed by atoms with E-state index in [1.807, 2.05) is 32.9 Å². The number of hydrogen-bond donors (Lipinski definition) is 0. The Morgan fingerprint density at radius 1 is 0.692 bits per heavy atom. The molecule has 0 saturated heterocycles. The lowest BCUT2D eigenvalue weighted by atomic mass is 9.85. The number of hydrogen-bond acceptors (Lipinski definition) is 0. The Hall–Kier alpha value is -1.70. The zero-order valence-corrected chi connectivity index (χ0v) is 16.3. The standard InChI is InChI=1S/C24H28F2/c1-13-5-6-14(2)23(25)21(13)19-10-9-18(12-19)20-11-15(3)24(26)22(16(20)4)17-7-8-17/h5-6,11,17-19H,7-10,12H2,1-4H3. The van der Waals surface area contributed by atoms with Crippen LogP contribution in [0.4, 0.5) is 8.78 Å². The largest absolute Gasteiger partial charge is 0.206 e. The monoisotopic (exact) mass is 354 g/mol. The molecule has 0 aromatic heterocycles. The van der Waals surface area contributed by atoms with Gasteiger partial charge in [0.05, 0.1) is 0 Å². The van der Waals surface area contributed by atoms with Gasteiger partial charge in [0.25, 0.3) is 0 Å². The van der Waals surface area contributed by atoms with Crippen molar-refractivity contribution in [3.05, 3.63) is 68.8 Å². The van der Waals surface area contributed by atoms with Crippen LogP contribution >= 0.6 is 0 Å². The first-order valence-electron chi connectivity index (χ1n) is 9.93. The Morgan fingerprint density at radius 3 is 1.96 bits per heavy atom. The fourth-order valence-electron chi connectivity index (χ4n) is 5.04. The second-order valence-electron chi connectivity index (χ2n) is 8.54. The van der Waals surface area contributed by atoms with Crippen LogP contribution in [0.1, 0.15) is 88.8 Å². The molecule has 2 fully saturated rings. The van der Waals surface area contributed by atoms with E-state index in [1.54, 1.807) is 0 Å². The van der Waals surface area contributed by atoms with Crippen LogP contribution in [0.15, 0.2) is 18.2 Å². The van der Waals surface area contributed by atoms with Crippen molar-refractivity contribution in [3.63, 3.8) is 0 Å². The third-order valence-electron chi connectivity index (χ3n) is 6.65. The van der Waals surface area contributed by atoms with Crippen LogP contribution in [0.5, 0.6) is 0 Å². The van der Waals surface area contributed by atoms with Crippen molar-refractivity contribution >= 4 is 0 Å². The zero-order valence-electron chi connectivity index (χ0n) is 16.3. The van der Waals surface area contributed by atoms with E-state index in [4.69, 9.17) is 0 Å². The van der Waals surface area contributed by atoms with Gasteiger partial charge in [-0.15, -0.1) is 0 Å². The maximum atomic E-state index is 14.8. The molecular formula is C24H28F2. The summed E-state index contributed by atoms with van der Waals surface area (Å²) in [6, 6.07) is 5.97. The maximum Gasteiger partial charge on any atom is 0.129 e. The van der Waals surface area contributed by atoms with E-state index < -0.39 is 0 Å². The predicted octanol–water partition coefficient (Wildman–Crippen LogP) is 7.13. The summed E-state index contributed by atoms with van der Waals surface area (Å²) in [7, 11) is 0. The highest BCUT2D eigenvalue weighted by atomic mass is 19.1.